The van der Waals surface area contributed by atoms with Crippen molar-refractivity contribution in [2.45, 2.75) is 51.1 Å². The molecule has 0 saturated heterocycles. The number of carboxylic acids is 1. The summed E-state index contributed by atoms with van der Waals surface area (Å²) in [4.78, 5) is 31.4. The fourth-order valence-corrected chi connectivity index (χ4v) is 5.42. The predicted octanol–water partition coefficient (Wildman–Crippen LogP) is 4.22. The van der Waals surface area contributed by atoms with Crippen LogP contribution in [0.2, 0.25) is 0 Å². The number of aryl methyl sites for hydroxylation is 2. The number of aromatic nitrogens is 2. The van der Waals surface area contributed by atoms with Crippen molar-refractivity contribution in [3.8, 4) is 10.6 Å². The Balaban J connectivity index is 0.00000205. The molecular weight excluding hydrogens is 410 g/mol. The number of hydrogen-bond acceptors (Lipinski definition) is 5. The summed E-state index contributed by atoms with van der Waals surface area (Å²) in [5, 5.41) is 9.81. The first-order chi connectivity index (χ1) is 13.4. The van der Waals surface area contributed by atoms with E-state index in [-0.39, 0.29) is 30.1 Å². The average Bonchev–Trinajstić information content (AvgIpc) is 3.40. The van der Waals surface area contributed by atoms with Gasteiger partial charge >= 0.3 is 5.97 Å². The van der Waals surface area contributed by atoms with Crippen LogP contribution in [-0.4, -0.2) is 20.6 Å². The number of pyridine rings is 2. The molecule has 1 unspecified atom stereocenters. The number of nitrogens with zero attached hydrogens (tertiary/aromatic N) is 2. The minimum Gasteiger partial charge on any atom is -0.477 e. The van der Waals surface area contributed by atoms with E-state index >= 15 is 0 Å². The van der Waals surface area contributed by atoms with Gasteiger partial charge in [-0.25, -0.2) is 9.78 Å². The van der Waals surface area contributed by atoms with Crippen molar-refractivity contribution >= 4 is 40.7 Å². The van der Waals surface area contributed by atoms with E-state index < -0.39 is 11.4 Å². The molecule has 1 atom stereocenters. The first-order valence-corrected chi connectivity index (χ1v) is 10.4. The number of rotatable bonds is 3. The highest BCUT2D eigenvalue weighted by atomic mass is 35.5. The molecule has 0 radical (unpaired) electrons. The summed E-state index contributed by atoms with van der Waals surface area (Å²) < 4.78 is 1.88. The molecule has 3 N–H and O–H groups in total. The number of aromatic carboxylic acids is 1. The Hall–Kier alpha value is -2.22. The van der Waals surface area contributed by atoms with Crippen LogP contribution in [0.4, 0.5) is 0 Å². The predicted molar refractivity (Wildman–Crippen MR) is 116 cm³/mol. The largest absolute Gasteiger partial charge is 0.477 e. The van der Waals surface area contributed by atoms with E-state index in [9.17, 15) is 14.7 Å². The third-order valence-electron chi connectivity index (χ3n) is 5.74. The first kappa shape index (κ1) is 20.1. The lowest BCUT2D eigenvalue weighted by atomic mass is 9.95. The molecule has 0 bridgehead atoms. The number of carboxylic acid groups (broad SMARTS) is 1. The smallest absolute Gasteiger partial charge is 0.341 e. The van der Waals surface area contributed by atoms with Crippen molar-refractivity contribution in [3.63, 3.8) is 0 Å². The van der Waals surface area contributed by atoms with E-state index in [1.807, 2.05) is 11.5 Å². The van der Waals surface area contributed by atoms with Crippen molar-refractivity contribution in [3.05, 3.63) is 50.1 Å². The Morgan fingerprint density at radius 2 is 2.07 bits per heavy atom. The second-order valence-electron chi connectivity index (χ2n) is 7.84. The molecule has 29 heavy (non-hydrogen) atoms. The maximum Gasteiger partial charge on any atom is 0.341 e. The molecule has 0 spiro atoms. The maximum absolute atomic E-state index is 12.7. The molecule has 152 valence electrons. The van der Waals surface area contributed by atoms with Crippen LogP contribution >= 0.6 is 23.7 Å². The second kappa shape index (κ2) is 7.23. The fraction of sp³-hybridized carbons (Fsp3) is 0.381. The number of halogens is 1. The molecule has 6 nitrogen and oxygen atoms in total. The van der Waals surface area contributed by atoms with E-state index in [0.717, 1.165) is 48.2 Å². The second-order valence-corrected chi connectivity index (χ2v) is 8.92. The summed E-state index contributed by atoms with van der Waals surface area (Å²) in [6.07, 6.45) is 6.57. The molecule has 8 heteroatoms. The van der Waals surface area contributed by atoms with Gasteiger partial charge in [-0.05, 0) is 62.3 Å². The van der Waals surface area contributed by atoms with Crippen LogP contribution in [0.25, 0.3) is 21.6 Å². The number of nitrogens with two attached hydrogens (primary N) is 1. The van der Waals surface area contributed by atoms with Crippen LogP contribution in [0.3, 0.4) is 0 Å². The summed E-state index contributed by atoms with van der Waals surface area (Å²) in [5.41, 5.74) is 9.26. The molecule has 3 heterocycles. The van der Waals surface area contributed by atoms with Gasteiger partial charge in [0.05, 0.1) is 16.0 Å². The van der Waals surface area contributed by atoms with E-state index in [1.54, 1.807) is 17.4 Å². The zero-order chi connectivity index (χ0) is 19.6. The summed E-state index contributed by atoms with van der Waals surface area (Å²) >= 11 is 1.69. The summed E-state index contributed by atoms with van der Waals surface area (Å²) in [7, 11) is 0. The lowest BCUT2D eigenvalue weighted by Gasteiger charge is -2.17. The molecule has 0 amide bonds. The third kappa shape index (κ3) is 3.27. The monoisotopic (exact) mass is 431 g/mol. The van der Waals surface area contributed by atoms with Gasteiger partial charge in [-0.3, -0.25) is 4.79 Å². The van der Waals surface area contributed by atoms with Crippen molar-refractivity contribution in [1.82, 2.24) is 9.55 Å². The minimum absolute atomic E-state index is 0. The molecule has 5 rings (SSSR count). The van der Waals surface area contributed by atoms with Crippen molar-refractivity contribution < 1.29 is 9.90 Å². The van der Waals surface area contributed by atoms with Crippen LogP contribution in [-0.2, 0) is 6.42 Å². The van der Waals surface area contributed by atoms with Gasteiger partial charge in [0.25, 0.3) is 0 Å². The van der Waals surface area contributed by atoms with Gasteiger partial charge in [0.15, 0.2) is 0 Å². The quantitative estimate of drug-likeness (QED) is 0.646. The standard InChI is InChI=1S/C21H21N3O3S.ClH/c1-10-7-13-18(25)14(21(26)27)9-24(12-5-6-12)20(13)23-17(10)16-8-11-3-2-4-15(22)19(11)28-16;/h7-9,12,15H,2-6,22H2,1H3,(H,26,27);1H. The molecule has 1 saturated carbocycles. The molecule has 3 aromatic heterocycles. The number of thiophene rings is 1. The Kier molecular flexibility index (Phi) is 5.01. The number of hydrogen-bond donors (Lipinski definition) is 2. The van der Waals surface area contributed by atoms with Crippen LogP contribution in [0.15, 0.2) is 23.1 Å². The van der Waals surface area contributed by atoms with E-state index in [1.165, 1.54) is 16.6 Å². The SMILES string of the molecule is Cc1cc2c(=O)c(C(=O)O)cn(C3CC3)c2nc1-c1cc2c(s1)C(N)CCC2.Cl. The zero-order valence-corrected chi connectivity index (χ0v) is 17.6. The Morgan fingerprint density at radius 3 is 2.72 bits per heavy atom. The average molecular weight is 432 g/mol. The van der Waals surface area contributed by atoms with Crippen molar-refractivity contribution in [1.29, 1.82) is 0 Å². The molecule has 0 aromatic carbocycles. The van der Waals surface area contributed by atoms with Crippen LogP contribution in [0.1, 0.15) is 64.1 Å². The maximum atomic E-state index is 12.7. The topological polar surface area (TPSA) is 98.2 Å². The summed E-state index contributed by atoms with van der Waals surface area (Å²) in [6.45, 7) is 1.93. The van der Waals surface area contributed by atoms with E-state index in [2.05, 4.69) is 6.07 Å². The number of fused-ring (bicyclic) bond motifs is 2. The third-order valence-corrected chi connectivity index (χ3v) is 7.05. The Morgan fingerprint density at radius 1 is 1.31 bits per heavy atom. The molecule has 0 aliphatic heterocycles. The molecular formula is C21H22ClN3O3S. The highest BCUT2D eigenvalue weighted by Crippen LogP contribution is 2.41. The normalized spacial score (nSPS) is 18.3. The van der Waals surface area contributed by atoms with E-state index in [4.69, 9.17) is 10.7 Å². The first-order valence-electron chi connectivity index (χ1n) is 9.62. The Bertz CT molecular complexity index is 1200. The van der Waals surface area contributed by atoms with Gasteiger partial charge in [0.2, 0.25) is 5.43 Å². The summed E-state index contributed by atoms with van der Waals surface area (Å²) in [5.74, 6) is -1.19. The molecule has 1 fully saturated rings. The molecule has 2 aliphatic carbocycles. The Labute approximate surface area is 177 Å². The van der Waals surface area contributed by atoms with Crippen LogP contribution < -0.4 is 11.2 Å². The van der Waals surface area contributed by atoms with E-state index in [0.29, 0.717) is 11.0 Å². The zero-order valence-electron chi connectivity index (χ0n) is 16.0. The van der Waals surface area contributed by atoms with Gasteiger partial charge in [-0.1, -0.05) is 0 Å². The van der Waals surface area contributed by atoms with Gasteiger partial charge in [-0.2, -0.15) is 0 Å². The summed E-state index contributed by atoms with van der Waals surface area (Å²) in [6, 6.07) is 4.29. The van der Waals surface area contributed by atoms with Gasteiger partial charge in [0.1, 0.15) is 11.2 Å². The fourth-order valence-electron chi connectivity index (χ4n) is 4.12. The minimum atomic E-state index is -1.19. The van der Waals surface area contributed by atoms with Gasteiger partial charge in [-0.15, -0.1) is 23.7 Å². The molecule has 2 aliphatic rings. The lowest BCUT2D eigenvalue weighted by Crippen LogP contribution is -2.19. The van der Waals surface area contributed by atoms with Crippen molar-refractivity contribution in [2.75, 3.05) is 0 Å². The highest BCUT2D eigenvalue weighted by Gasteiger charge is 2.28. The van der Waals surface area contributed by atoms with Crippen molar-refractivity contribution in [2.24, 2.45) is 5.73 Å². The number of carbonyl (C=O) groups is 1. The van der Waals surface area contributed by atoms with Gasteiger partial charge < -0.3 is 15.4 Å². The lowest BCUT2D eigenvalue weighted by molar-refractivity contribution is 0.0695. The van der Waals surface area contributed by atoms with Crippen LogP contribution in [0, 0.1) is 6.92 Å². The molecule has 3 aromatic rings. The highest BCUT2D eigenvalue weighted by molar-refractivity contribution is 7.15. The van der Waals surface area contributed by atoms with Crippen LogP contribution in [0.5, 0.6) is 0 Å². The van der Waals surface area contributed by atoms with Gasteiger partial charge in [0, 0.05) is 23.2 Å².